The van der Waals surface area contributed by atoms with Crippen LogP contribution < -0.4 is 10.1 Å². The molecule has 2 rings (SSSR count). The Labute approximate surface area is 106 Å². The van der Waals surface area contributed by atoms with Crippen LogP contribution in [-0.2, 0) is 4.79 Å². The summed E-state index contributed by atoms with van der Waals surface area (Å²) >= 11 is 0. The van der Waals surface area contributed by atoms with Crippen LogP contribution in [0.15, 0.2) is 24.5 Å². The van der Waals surface area contributed by atoms with Gasteiger partial charge in [-0.15, -0.1) is 0 Å². The molecule has 18 heavy (non-hydrogen) atoms. The van der Waals surface area contributed by atoms with E-state index in [-0.39, 0.29) is 24.7 Å². The maximum Gasteiger partial charge on any atom is 0.258 e. The predicted molar refractivity (Wildman–Crippen MR) is 66.1 cm³/mol. The van der Waals surface area contributed by atoms with Gasteiger partial charge in [0.05, 0.1) is 12.3 Å². The summed E-state index contributed by atoms with van der Waals surface area (Å²) < 4.78 is 5.31. The first-order valence-electron chi connectivity index (χ1n) is 6.24. The lowest BCUT2D eigenvalue weighted by atomic mass is 9.93. The number of nitrogens with one attached hydrogen (secondary N) is 1. The zero-order chi connectivity index (χ0) is 12.8. The van der Waals surface area contributed by atoms with Gasteiger partial charge in [0.15, 0.2) is 6.61 Å². The average molecular weight is 250 g/mol. The van der Waals surface area contributed by atoms with Crippen molar-refractivity contribution in [2.45, 2.75) is 37.8 Å². The van der Waals surface area contributed by atoms with E-state index in [1.165, 1.54) is 0 Å². The van der Waals surface area contributed by atoms with Crippen molar-refractivity contribution < 1.29 is 14.6 Å². The molecule has 0 aliphatic heterocycles. The van der Waals surface area contributed by atoms with Crippen LogP contribution in [0.5, 0.6) is 5.75 Å². The summed E-state index contributed by atoms with van der Waals surface area (Å²) in [6.45, 7) is 0.00471. The Bertz CT molecular complexity index is 375. The lowest BCUT2D eigenvalue weighted by molar-refractivity contribution is -0.124. The molecule has 0 saturated heterocycles. The minimum absolute atomic E-state index is 0.00471. The van der Waals surface area contributed by atoms with Gasteiger partial charge in [-0.05, 0) is 37.8 Å². The summed E-state index contributed by atoms with van der Waals surface area (Å²) in [6.07, 6.45) is 6.21. The van der Waals surface area contributed by atoms with Crippen LogP contribution in [0, 0.1) is 0 Å². The highest BCUT2D eigenvalue weighted by Gasteiger charge is 2.20. The van der Waals surface area contributed by atoms with Crippen LogP contribution in [0.2, 0.25) is 0 Å². The Morgan fingerprint density at radius 3 is 2.89 bits per heavy atom. The Morgan fingerprint density at radius 1 is 1.44 bits per heavy atom. The molecule has 2 N–H and O–H groups in total. The van der Waals surface area contributed by atoms with Gasteiger partial charge >= 0.3 is 0 Å². The predicted octanol–water partition coefficient (Wildman–Crippen LogP) is 0.880. The monoisotopic (exact) mass is 250 g/mol. The number of nitrogens with zero attached hydrogens (tertiary/aromatic N) is 1. The molecule has 1 aromatic heterocycles. The quantitative estimate of drug-likeness (QED) is 0.832. The van der Waals surface area contributed by atoms with E-state index in [0.29, 0.717) is 5.75 Å². The first kappa shape index (κ1) is 12.8. The van der Waals surface area contributed by atoms with Gasteiger partial charge < -0.3 is 15.2 Å². The number of aliphatic hydroxyl groups is 1. The van der Waals surface area contributed by atoms with E-state index in [4.69, 9.17) is 4.74 Å². The molecule has 0 spiro atoms. The van der Waals surface area contributed by atoms with Gasteiger partial charge in [0.25, 0.3) is 5.91 Å². The van der Waals surface area contributed by atoms with E-state index >= 15 is 0 Å². The second-order valence-corrected chi connectivity index (χ2v) is 4.55. The lowest BCUT2D eigenvalue weighted by Gasteiger charge is -2.26. The maximum atomic E-state index is 11.6. The van der Waals surface area contributed by atoms with Crippen LogP contribution in [0.1, 0.15) is 25.7 Å². The second-order valence-electron chi connectivity index (χ2n) is 4.55. The third-order valence-corrected chi connectivity index (χ3v) is 3.07. The Kier molecular flexibility index (Phi) is 4.52. The number of pyridine rings is 1. The van der Waals surface area contributed by atoms with E-state index < -0.39 is 0 Å². The molecule has 1 saturated carbocycles. The van der Waals surface area contributed by atoms with Gasteiger partial charge in [-0.3, -0.25) is 9.78 Å². The number of aliphatic hydroxyl groups excluding tert-OH is 1. The van der Waals surface area contributed by atoms with E-state index in [2.05, 4.69) is 10.3 Å². The van der Waals surface area contributed by atoms with E-state index in [1.54, 1.807) is 24.5 Å². The zero-order valence-electron chi connectivity index (χ0n) is 10.2. The number of aromatic nitrogens is 1. The van der Waals surface area contributed by atoms with E-state index in [0.717, 1.165) is 25.7 Å². The molecular weight excluding hydrogens is 232 g/mol. The van der Waals surface area contributed by atoms with Gasteiger partial charge in [-0.2, -0.15) is 0 Å². The van der Waals surface area contributed by atoms with Crippen molar-refractivity contribution in [1.29, 1.82) is 0 Å². The van der Waals surface area contributed by atoms with Crippen LogP contribution >= 0.6 is 0 Å². The molecule has 5 nitrogen and oxygen atoms in total. The SMILES string of the molecule is O=C(COc1cccnc1)NC1CCC(O)CC1. The van der Waals surface area contributed by atoms with Crippen LogP contribution in [-0.4, -0.2) is 34.8 Å². The molecule has 1 aliphatic carbocycles. The minimum atomic E-state index is -0.204. The number of rotatable bonds is 4. The first-order chi connectivity index (χ1) is 8.74. The van der Waals surface area contributed by atoms with E-state index in [9.17, 15) is 9.90 Å². The van der Waals surface area contributed by atoms with Gasteiger partial charge in [0.1, 0.15) is 5.75 Å². The number of hydrogen-bond donors (Lipinski definition) is 2. The highest BCUT2D eigenvalue weighted by atomic mass is 16.5. The average Bonchev–Trinajstić information content (AvgIpc) is 2.40. The first-order valence-corrected chi connectivity index (χ1v) is 6.24. The highest BCUT2D eigenvalue weighted by Crippen LogP contribution is 2.18. The van der Waals surface area contributed by atoms with Crippen LogP contribution in [0.3, 0.4) is 0 Å². The van der Waals surface area contributed by atoms with Crippen molar-refractivity contribution in [1.82, 2.24) is 10.3 Å². The zero-order valence-corrected chi connectivity index (χ0v) is 10.2. The number of ether oxygens (including phenoxy) is 1. The van der Waals surface area contributed by atoms with Crippen molar-refractivity contribution >= 4 is 5.91 Å². The van der Waals surface area contributed by atoms with Crippen molar-refractivity contribution in [3.05, 3.63) is 24.5 Å². The van der Waals surface area contributed by atoms with Crippen molar-refractivity contribution in [3.63, 3.8) is 0 Å². The molecule has 1 aromatic rings. The van der Waals surface area contributed by atoms with Crippen molar-refractivity contribution in [3.8, 4) is 5.75 Å². The fourth-order valence-corrected chi connectivity index (χ4v) is 2.07. The smallest absolute Gasteiger partial charge is 0.258 e. The molecule has 0 radical (unpaired) electrons. The third kappa shape index (κ3) is 4.00. The summed E-state index contributed by atoms with van der Waals surface area (Å²) in [6, 6.07) is 3.69. The summed E-state index contributed by atoms with van der Waals surface area (Å²) in [4.78, 5) is 15.5. The molecule has 1 amide bonds. The van der Waals surface area contributed by atoms with E-state index in [1.807, 2.05) is 0 Å². The van der Waals surface area contributed by atoms with Gasteiger partial charge in [0.2, 0.25) is 0 Å². The number of carbonyl (C=O) groups excluding carboxylic acids is 1. The van der Waals surface area contributed by atoms with Gasteiger partial charge in [-0.1, -0.05) is 0 Å². The van der Waals surface area contributed by atoms with Gasteiger partial charge in [-0.25, -0.2) is 0 Å². The number of amides is 1. The van der Waals surface area contributed by atoms with Crippen molar-refractivity contribution in [2.75, 3.05) is 6.61 Å². The summed E-state index contributed by atoms with van der Waals surface area (Å²) in [5, 5.41) is 12.3. The lowest BCUT2D eigenvalue weighted by Crippen LogP contribution is -2.40. The molecule has 1 aliphatic rings. The standard InChI is InChI=1S/C13H18N2O3/c16-11-5-3-10(4-6-11)15-13(17)9-18-12-2-1-7-14-8-12/h1-2,7-8,10-11,16H,3-6,9H2,(H,15,17). The van der Waals surface area contributed by atoms with Crippen molar-refractivity contribution in [2.24, 2.45) is 0 Å². The Balaban J connectivity index is 1.69. The normalized spacial score (nSPS) is 23.4. The molecule has 0 unspecified atom stereocenters. The summed E-state index contributed by atoms with van der Waals surface area (Å²) in [5.41, 5.74) is 0. The summed E-state index contributed by atoms with van der Waals surface area (Å²) in [7, 11) is 0. The largest absolute Gasteiger partial charge is 0.482 e. The Morgan fingerprint density at radius 2 is 2.22 bits per heavy atom. The fourth-order valence-electron chi connectivity index (χ4n) is 2.07. The molecule has 0 atom stereocenters. The molecule has 0 aromatic carbocycles. The summed E-state index contributed by atoms with van der Waals surface area (Å²) in [5.74, 6) is 0.465. The maximum absolute atomic E-state index is 11.6. The molecular formula is C13H18N2O3. The number of carbonyl (C=O) groups is 1. The van der Waals surface area contributed by atoms with Crippen LogP contribution in [0.25, 0.3) is 0 Å². The fraction of sp³-hybridized carbons (Fsp3) is 0.538. The second kappa shape index (κ2) is 6.35. The third-order valence-electron chi connectivity index (χ3n) is 3.07. The molecule has 1 heterocycles. The molecule has 98 valence electrons. The molecule has 1 fully saturated rings. The Hall–Kier alpha value is -1.62. The molecule has 5 heteroatoms. The minimum Gasteiger partial charge on any atom is -0.482 e. The topological polar surface area (TPSA) is 71.5 Å². The van der Waals surface area contributed by atoms with Crippen LogP contribution in [0.4, 0.5) is 0 Å². The molecule has 0 bridgehead atoms. The number of hydrogen-bond acceptors (Lipinski definition) is 4. The van der Waals surface area contributed by atoms with Gasteiger partial charge in [0, 0.05) is 12.2 Å². The highest BCUT2D eigenvalue weighted by molar-refractivity contribution is 5.77.